The summed E-state index contributed by atoms with van der Waals surface area (Å²) in [6, 6.07) is 0.623. The molecule has 0 unspecified atom stereocenters. The van der Waals surface area contributed by atoms with E-state index in [0.717, 1.165) is 12.5 Å². The zero-order chi connectivity index (χ0) is 12.1. The summed E-state index contributed by atoms with van der Waals surface area (Å²) in [5.74, 6) is 1.05. The number of piperidine rings is 1. The molecule has 0 spiro atoms. The second kappa shape index (κ2) is 6.05. The van der Waals surface area contributed by atoms with Crippen molar-refractivity contribution in [3.05, 3.63) is 12.4 Å². The van der Waals surface area contributed by atoms with Crippen molar-refractivity contribution in [3.8, 4) is 0 Å². The zero-order valence-corrected chi connectivity index (χ0v) is 11.0. The van der Waals surface area contributed by atoms with Crippen LogP contribution >= 0.6 is 0 Å². The second-order valence-corrected chi connectivity index (χ2v) is 4.97. The molecule has 0 atom stereocenters. The van der Waals surface area contributed by atoms with Gasteiger partial charge in [0.2, 0.25) is 5.95 Å². The Morgan fingerprint density at radius 1 is 1.41 bits per heavy atom. The quantitative estimate of drug-likeness (QED) is 0.797. The lowest BCUT2D eigenvalue weighted by Gasteiger charge is -2.30. The maximum Gasteiger partial charge on any atom is 0.203 e. The Morgan fingerprint density at radius 2 is 2.18 bits per heavy atom. The number of nitrogens with one attached hydrogen (secondary N) is 1. The number of nitrogens with zero attached hydrogens (tertiary/aromatic N) is 3. The maximum atomic E-state index is 4.42. The minimum Gasteiger partial charge on any atom is -0.356 e. The smallest absolute Gasteiger partial charge is 0.203 e. The highest BCUT2D eigenvalue weighted by atomic mass is 15.2. The molecule has 1 aromatic heterocycles. The van der Waals surface area contributed by atoms with Crippen LogP contribution in [0, 0.1) is 0 Å². The standard InChI is InChI=1S/C13H24N4/c1-3-4-7-14-13-15-8-11-17(13)12-5-9-16(2)10-6-12/h8,11-12H,3-7,9-10H2,1-2H3,(H,14,15). The number of aromatic nitrogens is 2. The number of unbranched alkanes of at least 4 members (excludes halogenated alkanes) is 1. The largest absolute Gasteiger partial charge is 0.356 e. The molecule has 2 heterocycles. The van der Waals surface area contributed by atoms with Crippen molar-refractivity contribution in [3.63, 3.8) is 0 Å². The molecule has 0 amide bonds. The molecule has 1 N–H and O–H groups in total. The van der Waals surface area contributed by atoms with Crippen molar-refractivity contribution in [2.24, 2.45) is 0 Å². The highest BCUT2D eigenvalue weighted by molar-refractivity contribution is 5.26. The van der Waals surface area contributed by atoms with Gasteiger partial charge in [-0.2, -0.15) is 0 Å². The molecule has 2 rings (SSSR count). The van der Waals surface area contributed by atoms with Gasteiger partial charge in [0, 0.05) is 25.0 Å². The first-order valence-electron chi connectivity index (χ1n) is 6.76. The van der Waals surface area contributed by atoms with Crippen molar-refractivity contribution in [2.75, 3.05) is 32.0 Å². The van der Waals surface area contributed by atoms with E-state index < -0.39 is 0 Å². The van der Waals surface area contributed by atoms with Crippen LogP contribution in [0.1, 0.15) is 38.6 Å². The highest BCUT2D eigenvalue weighted by Crippen LogP contribution is 2.24. The Labute approximate surface area is 104 Å². The SMILES string of the molecule is CCCCNc1nccn1C1CCN(C)CC1. The first-order chi connectivity index (χ1) is 8.31. The van der Waals surface area contributed by atoms with E-state index in [9.17, 15) is 0 Å². The third-order valence-corrected chi connectivity index (χ3v) is 3.56. The van der Waals surface area contributed by atoms with Gasteiger partial charge in [0.1, 0.15) is 0 Å². The van der Waals surface area contributed by atoms with E-state index >= 15 is 0 Å². The topological polar surface area (TPSA) is 33.1 Å². The van der Waals surface area contributed by atoms with Crippen molar-refractivity contribution in [1.29, 1.82) is 0 Å². The molecular weight excluding hydrogens is 212 g/mol. The summed E-state index contributed by atoms with van der Waals surface area (Å²) in [6.07, 6.45) is 8.92. The average molecular weight is 236 g/mol. The van der Waals surface area contributed by atoms with Gasteiger partial charge in [-0.05, 0) is 39.4 Å². The summed E-state index contributed by atoms with van der Waals surface area (Å²) in [6.45, 7) is 5.62. The summed E-state index contributed by atoms with van der Waals surface area (Å²) in [4.78, 5) is 6.82. The molecule has 0 bridgehead atoms. The molecule has 1 aliphatic rings. The maximum absolute atomic E-state index is 4.42. The predicted molar refractivity (Wildman–Crippen MR) is 71.4 cm³/mol. The van der Waals surface area contributed by atoms with Crippen LogP contribution in [0.3, 0.4) is 0 Å². The van der Waals surface area contributed by atoms with E-state index in [-0.39, 0.29) is 0 Å². The van der Waals surface area contributed by atoms with Gasteiger partial charge in [0.05, 0.1) is 0 Å². The lowest BCUT2D eigenvalue weighted by Crippen LogP contribution is -2.31. The van der Waals surface area contributed by atoms with Gasteiger partial charge < -0.3 is 14.8 Å². The van der Waals surface area contributed by atoms with E-state index in [4.69, 9.17) is 0 Å². The van der Waals surface area contributed by atoms with Crippen LogP contribution in [0.5, 0.6) is 0 Å². The van der Waals surface area contributed by atoms with E-state index in [2.05, 4.69) is 39.9 Å². The molecule has 1 fully saturated rings. The fourth-order valence-electron chi connectivity index (χ4n) is 2.39. The van der Waals surface area contributed by atoms with Crippen LogP contribution in [0.25, 0.3) is 0 Å². The van der Waals surface area contributed by atoms with Crippen LogP contribution in [0.15, 0.2) is 12.4 Å². The Bertz CT molecular complexity index is 326. The Morgan fingerprint density at radius 3 is 2.88 bits per heavy atom. The van der Waals surface area contributed by atoms with Crippen LogP contribution in [0.4, 0.5) is 5.95 Å². The molecule has 17 heavy (non-hydrogen) atoms. The minimum absolute atomic E-state index is 0.623. The zero-order valence-electron chi connectivity index (χ0n) is 11.0. The molecule has 1 aromatic rings. The van der Waals surface area contributed by atoms with Crippen LogP contribution in [0.2, 0.25) is 0 Å². The lowest BCUT2D eigenvalue weighted by molar-refractivity contribution is 0.222. The molecule has 0 aromatic carbocycles. The minimum atomic E-state index is 0.623. The third-order valence-electron chi connectivity index (χ3n) is 3.56. The monoisotopic (exact) mass is 236 g/mol. The van der Waals surface area contributed by atoms with Crippen LogP contribution < -0.4 is 5.32 Å². The van der Waals surface area contributed by atoms with Gasteiger partial charge in [-0.1, -0.05) is 13.3 Å². The molecule has 4 heteroatoms. The van der Waals surface area contributed by atoms with E-state index in [1.54, 1.807) is 0 Å². The molecule has 1 saturated heterocycles. The van der Waals surface area contributed by atoms with Gasteiger partial charge in [-0.3, -0.25) is 0 Å². The fraction of sp³-hybridized carbons (Fsp3) is 0.769. The number of likely N-dealkylation sites (tertiary alicyclic amines) is 1. The van der Waals surface area contributed by atoms with Gasteiger partial charge in [0.15, 0.2) is 0 Å². The molecule has 96 valence electrons. The normalized spacial score (nSPS) is 18.5. The molecule has 0 radical (unpaired) electrons. The molecular formula is C13H24N4. The van der Waals surface area contributed by atoms with Gasteiger partial charge >= 0.3 is 0 Å². The first kappa shape index (κ1) is 12.4. The van der Waals surface area contributed by atoms with Crippen molar-refractivity contribution < 1.29 is 0 Å². The Hall–Kier alpha value is -1.03. The van der Waals surface area contributed by atoms with E-state index in [1.807, 2.05) is 6.20 Å². The molecule has 4 nitrogen and oxygen atoms in total. The van der Waals surface area contributed by atoms with Crippen molar-refractivity contribution >= 4 is 5.95 Å². The van der Waals surface area contributed by atoms with Gasteiger partial charge in [-0.25, -0.2) is 4.98 Å². The lowest BCUT2D eigenvalue weighted by atomic mass is 10.1. The Balaban J connectivity index is 1.93. The number of anilines is 1. The number of imidazole rings is 1. The Kier molecular flexibility index (Phi) is 4.42. The third kappa shape index (κ3) is 3.22. The number of rotatable bonds is 5. The fourth-order valence-corrected chi connectivity index (χ4v) is 2.39. The summed E-state index contributed by atoms with van der Waals surface area (Å²) >= 11 is 0. The predicted octanol–water partition coefficient (Wildman–Crippen LogP) is 2.36. The van der Waals surface area contributed by atoms with Crippen molar-refractivity contribution in [1.82, 2.24) is 14.5 Å². The summed E-state index contributed by atoms with van der Waals surface area (Å²) < 4.78 is 2.32. The average Bonchev–Trinajstić information content (AvgIpc) is 2.79. The van der Waals surface area contributed by atoms with Crippen molar-refractivity contribution in [2.45, 2.75) is 38.6 Å². The number of hydrogen-bond donors (Lipinski definition) is 1. The molecule has 1 aliphatic heterocycles. The molecule has 0 saturated carbocycles. The second-order valence-electron chi connectivity index (χ2n) is 4.97. The highest BCUT2D eigenvalue weighted by Gasteiger charge is 2.19. The van der Waals surface area contributed by atoms with E-state index in [1.165, 1.54) is 38.8 Å². The van der Waals surface area contributed by atoms with Crippen LogP contribution in [-0.2, 0) is 0 Å². The van der Waals surface area contributed by atoms with Crippen LogP contribution in [-0.4, -0.2) is 41.1 Å². The van der Waals surface area contributed by atoms with Gasteiger partial charge in [0.25, 0.3) is 0 Å². The summed E-state index contributed by atoms with van der Waals surface area (Å²) in [5.41, 5.74) is 0. The van der Waals surface area contributed by atoms with E-state index in [0.29, 0.717) is 6.04 Å². The number of hydrogen-bond acceptors (Lipinski definition) is 3. The first-order valence-corrected chi connectivity index (χ1v) is 6.76. The summed E-state index contributed by atoms with van der Waals surface area (Å²) in [5, 5.41) is 3.44. The van der Waals surface area contributed by atoms with Gasteiger partial charge in [-0.15, -0.1) is 0 Å². The summed E-state index contributed by atoms with van der Waals surface area (Å²) in [7, 11) is 2.20. The molecule has 0 aliphatic carbocycles.